The Bertz CT molecular complexity index is 660. The number of aryl methyl sites for hydroxylation is 1. The number of hydrogen-bond donors (Lipinski definition) is 1. The Morgan fingerprint density at radius 2 is 1.95 bits per heavy atom. The van der Waals surface area contributed by atoms with Gasteiger partial charge in [-0.1, -0.05) is 18.2 Å². The molecule has 1 heterocycles. The Morgan fingerprint density at radius 1 is 1.20 bits per heavy atom. The molecular formula is C16H17NO3. The van der Waals surface area contributed by atoms with E-state index < -0.39 is 0 Å². The van der Waals surface area contributed by atoms with Gasteiger partial charge >= 0.3 is 0 Å². The zero-order chi connectivity index (χ0) is 14.1. The van der Waals surface area contributed by atoms with E-state index in [2.05, 4.69) is 0 Å². The molecule has 1 fully saturated rings. The number of nitrogens with zero attached hydrogens (tertiary/aromatic N) is 1. The summed E-state index contributed by atoms with van der Waals surface area (Å²) >= 11 is 0. The number of carbonyl (C=O) groups excluding carboxylic acids is 1. The summed E-state index contributed by atoms with van der Waals surface area (Å²) in [4.78, 5) is 14.2. The molecule has 0 bridgehead atoms. The maximum atomic E-state index is 12.5. The van der Waals surface area contributed by atoms with Crippen molar-refractivity contribution in [3.05, 3.63) is 41.5 Å². The Balaban J connectivity index is 2.03. The van der Waals surface area contributed by atoms with Crippen molar-refractivity contribution in [1.29, 1.82) is 0 Å². The highest BCUT2D eigenvalue weighted by Gasteiger charge is 2.19. The highest BCUT2D eigenvalue weighted by atomic mass is 16.5. The number of ether oxygens (including phenoxy) is 1. The Kier molecular flexibility index (Phi) is 3.32. The third-order valence-electron chi connectivity index (χ3n) is 3.74. The summed E-state index contributed by atoms with van der Waals surface area (Å²) in [5.74, 6) is 0.108. The second-order valence-electron chi connectivity index (χ2n) is 5.07. The molecule has 104 valence electrons. The van der Waals surface area contributed by atoms with Gasteiger partial charge in [0.1, 0.15) is 5.75 Å². The number of fused-ring (bicyclic) bond motifs is 1. The molecule has 1 aliphatic rings. The monoisotopic (exact) mass is 271 g/mol. The van der Waals surface area contributed by atoms with Crippen LogP contribution < -0.4 is 0 Å². The van der Waals surface area contributed by atoms with Crippen molar-refractivity contribution < 1.29 is 14.6 Å². The Morgan fingerprint density at radius 3 is 2.70 bits per heavy atom. The van der Waals surface area contributed by atoms with Gasteiger partial charge in [-0.05, 0) is 30.0 Å². The number of rotatable bonds is 1. The van der Waals surface area contributed by atoms with Crippen molar-refractivity contribution in [3.63, 3.8) is 0 Å². The van der Waals surface area contributed by atoms with Gasteiger partial charge in [-0.2, -0.15) is 0 Å². The summed E-state index contributed by atoms with van der Waals surface area (Å²) in [7, 11) is 0. The number of amides is 1. The SMILES string of the molecule is Cc1cccc2c(O)cc(C(=O)N3CCOCC3)cc12. The number of morpholine rings is 1. The Hall–Kier alpha value is -2.07. The van der Waals surface area contributed by atoms with Crippen LogP contribution >= 0.6 is 0 Å². The van der Waals surface area contributed by atoms with Crippen LogP contribution in [0.3, 0.4) is 0 Å². The fourth-order valence-corrected chi connectivity index (χ4v) is 2.59. The largest absolute Gasteiger partial charge is 0.507 e. The smallest absolute Gasteiger partial charge is 0.254 e. The van der Waals surface area contributed by atoms with Gasteiger partial charge in [0, 0.05) is 24.0 Å². The van der Waals surface area contributed by atoms with E-state index in [0.29, 0.717) is 31.9 Å². The maximum Gasteiger partial charge on any atom is 0.254 e. The lowest BCUT2D eigenvalue weighted by molar-refractivity contribution is 0.0303. The van der Waals surface area contributed by atoms with Gasteiger partial charge in [-0.15, -0.1) is 0 Å². The van der Waals surface area contributed by atoms with E-state index in [9.17, 15) is 9.90 Å². The molecule has 0 aliphatic carbocycles. The topological polar surface area (TPSA) is 49.8 Å². The minimum atomic E-state index is -0.0475. The van der Waals surface area contributed by atoms with E-state index in [1.54, 1.807) is 11.0 Å². The van der Waals surface area contributed by atoms with Gasteiger partial charge in [0.05, 0.1) is 13.2 Å². The van der Waals surface area contributed by atoms with Gasteiger partial charge in [-0.25, -0.2) is 0 Å². The molecule has 4 heteroatoms. The van der Waals surface area contributed by atoms with Crippen molar-refractivity contribution in [2.75, 3.05) is 26.3 Å². The van der Waals surface area contributed by atoms with Crippen molar-refractivity contribution in [2.24, 2.45) is 0 Å². The first-order valence-corrected chi connectivity index (χ1v) is 6.76. The minimum absolute atomic E-state index is 0.0475. The molecule has 0 aromatic heterocycles. The van der Waals surface area contributed by atoms with Gasteiger partial charge in [-0.3, -0.25) is 4.79 Å². The highest BCUT2D eigenvalue weighted by Crippen LogP contribution is 2.29. The fourth-order valence-electron chi connectivity index (χ4n) is 2.59. The first kappa shape index (κ1) is 12.9. The lowest BCUT2D eigenvalue weighted by Crippen LogP contribution is -2.40. The summed E-state index contributed by atoms with van der Waals surface area (Å²) in [5.41, 5.74) is 1.58. The predicted octanol–water partition coefficient (Wildman–Crippen LogP) is 2.33. The molecule has 0 spiro atoms. The maximum absolute atomic E-state index is 12.5. The second-order valence-corrected chi connectivity index (χ2v) is 5.07. The van der Waals surface area contributed by atoms with Crippen LogP contribution in [0.15, 0.2) is 30.3 Å². The summed E-state index contributed by atoms with van der Waals surface area (Å²) in [5, 5.41) is 11.8. The fraction of sp³-hybridized carbons (Fsp3) is 0.312. The normalized spacial score (nSPS) is 15.6. The quantitative estimate of drug-likeness (QED) is 0.866. The second kappa shape index (κ2) is 5.13. The van der Waals surface area contributed by atoms with E-state index in [-0.39, 0.29) is 11.7 Å². The molecule has 0 radical (unpaired) electrons. The number of carbonyl (C=O) groups is 1. The van der Waals surface area contributed by atoms with Crippen LogP contribution in [0.2, 0.25) is 0 Å². The molecule has 1 aliphatic heterocycles. The van der Waals surface area contributed by atoms with Crippen LogP contribution in [0, 0.1) is 6.92 Å². The van der Waals surface area contributed by atoms with Crippen LogP contribution in [0.1, 0.15) is 15.9 Å². The molecule has 1 amide bonds. The molecule has 2 aromatic rings. The number of benzene rings is 2. The first-order chi connectivity index (χ1) is 9.66. The number of aromatic hydroxyl groups is 1. The summed E-state index contributed by atoms with van der Waals surface area (Å²) in [6.07, 6.45) is 0. The van der Waals surface area contributed by atoms with Crippen LogP contribution in [-0.4, -0.2) is 42.2 Å². The Labute approximate surface area is 117 Å². The van der Waals surface area contributed by atoms with Gasteiger partial charge in [0.15, 0.2) is 0 Å². The third-order valence-corrected chi connectivity index (χ3v) is 3.74. The van der Waals surface area contributed by atoms with Gasteiger partial charge in [0.2, 0.25) is 0 Å². The van der Waals surface area contributed by atoms with E-state index in [1.165, 1.54) is 0 Å². The van der Waals surface area contributed by atoms with Crippen molar-refractivity contribution in [3.8, 4) is 5.75 Å². The van der Waals surface area contributed by atoms with Crippen LogP contribution in [-0.2, 0) is 4.74 Å². The average Bonchev–Trinajstić information content (AvgIpc) is 2.48. The summed E-state index contributed by atoms with van der Waals surface area (Å²) < 4.78 is 5.26. The molecule has 1 N–H and O–H groups in total. The van der Waals surface area contributed by atoms with Crippen molar-refractivity contribution >= 4 is 16.7 Å². The van der Waals surface area contributed by atoms with Crippen molar-refractivity contribution in [2.45, 2.75) is 6.92 Å². The van der Waals surface area contributed by atoms with Gasteiger partial charge in [0.25, 0.3) is 5.91 Å². The van der Waals surface area contributed by atoms with E-state index >= 15 is 0 Å². The van der Waals surface area contributed by atoms with Crippen LogP contribution in [0.25, 0.3) is 10.8 Å². The zero-order valence-corrected chi connectivity index (χ0v) is 11.4. The molecule has 1 saturated heterocycles. The number of phenolic OH excluding ortho intramolecular Hbond substituents is 1. The lowest BCUT2D eigenvalue weighted by Gasteiger charge is -2.27. The molecule has 0 atom stereocenters. The highest BCUT2D eigenvalue weighted by molar-refractivity contribution is 6.01. The summed E-state index contributed by atoms with van der Waals surface area (Å²) in [6, 6.07) is 9.16. The lowest BCUT2D eigenvalue weighted by atomic mass is 10.0. The molecule has 0 saturated carbocycles. The average molecular weight is 271 g/mol. The molecule has 4 nitrogen and oxygen atoms in total. The molecule has 3 rings (SSSR count). The first-order valence-electron chi connectivity index (χ1n) is 6.76. The molecular weight excluding hydrogens is 254 g/mol. The minimum Gasteiger partial charge on any atom is -0.507 e. The zero-order valence-electron chi connectivity index (χ0n) is 11.4. The van der Waals surface area contributed by atoms with Crippen LogP contribution in [0.5, 0.6) is 5.75 Å². The van der Waals surface area contributed by atoms with Crippen molar-refractivity contribution in [1.82, 2.24) is 4.90 Å². The summed E-state index contributed by atoms with van der Waals surface area (Å²) in [6.45, 7) is 4.33. The van der Waals surface area contributed by atoms with E-state index in [4.69, 9.17) is 4.74 Å². The van der Waals surface area contributed by atoms with E-state index in [1.807, 2.05) is 31.2 Å². The molecule has 20 heavy (non-hydrogen) atoms. The van der Waals surface area contributed by atoms with E-state index in [0.717, 1.165) is 16.3 Å². The van der Waals surface area contributed by atoms with Crippen LogP contribution in [0.4, 0.5) is 0 Å². The predicted molar refractivity (Wildman–Crippen MR) is 77.1 cm³/mol. The molecule has 2 aromatic carbocycles. The molecule has 0 unspecified atom stereocenters. The number of phenols is 1. The van der Waals surface area contributed by atoms with Gasteiger partial charge < -0.3 is 14.7 Å². The standard InChI is InChI=1S/C16H17NO3/c1-11-3-2-4-13-14(11)9-12(10-15(13)18)16(19)17-5-7-20-8-6-17/h2-4,9-10,18H,5-8H2,1H3. The third kappa shape index (κ3) is 2.23. The number of hydrogen-bond acceptors (Lipinski definition) is 3.